The minimum atomic E-state index is -0.352. The number of carbonyl (C=O) groups is 1. The summed E-state index contributed by atoms with van der Waals surface area (Å²) in [5.74, 6) is -0.352. The Balaban J connectivity index is 1.94. The number of anilines is 1. The van der Waals surface area contributed by atoms with Gasteiger partial charge in [0.15, 0.2) is 5.13 Å². The summed E-state index contributed by atoms with van der Waals surface area (Å²) < 4.78 is 0.914. The summed E-state index contributed by atoms with van der Waals surface area (Å²) in [4.78, 5) is 16.7. The Morgan fingerprint density at radius 1 is 1.14 bits per heavy atom. The lowest BCUT2D eigenvalue weighted by Crippen LogP contribution is -2.12. The third kappa shape index (κ3) is 3.06. The van der Waals surface area contributed by atoms with Gasteiger partial charge in [0.2, 0.25) is 0 Å². The van der Waals surface area contributed by atoms with Crippen LogP contribution >= 0.6 is 46.1 Å². The molecule has 0 saturated heterocycles. The van der Waals surface area contributed by atoms with E-state index in [-0.39, 0.29) is 5.91 Å². The highest BCUT2D eigenvalue weighted by Gasteiger charge is 2.14. The molecule has 3 nitrogen and oxygen atoms in total. The van der Waals surface area contributed by atoms with Crippen molar-refractivity contribution in [2.24, 2.45) is 0 Å². The maximum atomic E-state index is 12.3. The molecule has 1 amide bonds. The number of carbonyl (C=O) groups excluding carboxylic acids is 1. The van der Waals surface area contributed by atoms with Gasteiger partial charge in [0, 0.05) is 10.0 Å². The zero-order valence-corrected chi connectivity index (χ0v) is 14.4. The molecule has 0 saturated carbocycles. The van der Waals surface area contributed by atoms with Gasteiger partial charge in [0.05, 0.1) is 20.8 Å². The van der Waals surface area contributed by atoms with Crippen molar-refractivity contribution in [1.82, 2.24) is 4.98 Å². The predicted octanol–water partition coefficient (Wildman–Crippen LogP) is 5.82. The summed E-state index contributed by atoms with van der Waals surface area (Å²) in [6.07, 6.45) is 0. The first-order valence-corrected chi connectivity index (χ1v) is 8.22. The van der Waals surface area contributed by atoms with Gasteiger partial charge in [0.25, 0.3) is 5.91 Å². The second kappa shape index (κ2) is 6.05. The normalized spacial score (nSPS) is 10.9. The number of hydrogen-bond acceptors (Lipinski definition) is 3. The second-order valence-electron chi connectivity index (χ2n) is 4.67. The van der Waals surface area contributed by atoms with Gasteiger partial charge in [-0.25, -0.2) is 4.98 Å². The van der Waals surface area contributed by atoms with E-state index in [1.54, 1.807) is 12.1 Å². The second-order valence-corrected chi connectivity index (χ2v) is 6.98. The van der Waals surface area contributed by atoms with Crippen LogP contribution in [-0.2, 0) is 0 Å². The lowest BCUT2D eigenvalue weighted by molar-refractivity contribution is 0.102. The molecular weight excluding hydrogens is 363 g/mol. The summed E-state index contributed by atoms with van der Waals surface area (Å²) >= 11 is 19.3. The summed E-state index contributed by atoms with van der Waals surface area (Å²) in [6, 6.07) is 8.39. The average molecular weight is 372 g/mol. The molecule has 0 aliphatic carbocycles. The molecule has 1 aromatic heterocycles. The van der Waals surface area contributed by atoms with Gasteiger partial charge in [0.1, 0.15) is 0 Å². The molecule has 0 fully saturated rings. The number of benzene rings is 2. The molecule has 7 heteroatoms. The maximum Gasteiger partial charge on any atom is 0.259 e. The number of amides is 1. The predicted molar refractivity (Wildman–Crippen MR) is 93.8 cm³/mol. The lowest BCUT2D eigenvalue weighted by Gasteiger charge is -2.04. The maximum absolute atomic E-state index is 12.3. The van der Waals surface area contributed by atoms with E-state index in [9.17, 15) is 4.79 Å². The zero-order chi connectivity index (χ0) is 15.9. The molecule has 0 aliphatic heterocycles. The minimum absolute atomic E-state index is 0.308. The molecule has 0 atom stereocenters. The van der Waals surface area contributed by atoms with Crippen LogP contribution < -0.4 is 5.32 Å². The Morgan fingerprint density at radius 3 is 2.68 bits per heavy atom. The van der Waals surface area contributed by atoms with Crippen molar-refractivity contribution in [2.75, 3.05) is 5.32 Å². The smallest absolute Gasteiger partial charge is 0.259 e. The first-order valence-electron chi connectivity index (χ1n) is 6.27. The van der Waals surface area contributed by atoms with Crippen molar-refractivity contribution in [3.63, 3.8) is 0 Å². The standard InChI is InChI=1S/C15H9Cl3N2OS/c1-7-4-9(17)6-12-13(7)19-15(22-12)20-14(21)10-5-8(16)2-3-11(10)18/h2-6H,1H3,(H,19,20,21). The quantitative estimate of drug-likeness (QED) is 0.617. The average Bonchev–Trinajstić information content (AvgIpc) is 2.84. The fourth-order valence-electron chi connectivity index (χ4n) is 2.04. The molecule has 0 aliphatic rings. The summed E-state index contributed by atoms with van der Waals surface area (Å²) in [6.45, 7) is 1.92. The van der Waals surface area contributed by atoms with Crippen LogP contribution in [0.3, 0.4) is 0 Å². The van der Waals surface area contributed by atoms with Gasteiger partial charge < -0.3 is 0 Å². The fourth-order valence-corrected chi connectivity index (χ4v) is 3.73. The highest BCUT2D eigenvalue weighted by atomic mass is 35.5. The van der Waals surface area contributed by atoms with Gasteiger partial charge in [-0.15, -0.1) is 0 Å². The van der Waals surface area contributed by atoms with Crippen molar-refractivity contribution in [2.45, 2.75) is 6.92 Å². The third-order valence-corrected chi connectivity index (χ3v) is 4.74. The molecule has 2 aromatic carbocycles. The molecule has 22 heavy (non-hydrogen) atoms. The van der Waals surface area contributed by atoms with E-state index >= 15 is 0 Å². The van der Waals surface area contributed by atoms with Gasteiger partial charge in [-0.3, -0.25) is 10.1 Å². The number of fused-ring (bicyclic) bond motifs is 1. The largest absolute Gasteiger partial charge is 0.298 e. The van der Waals surface area contributed by atoms with Crippen LogP contribution in [0.1, 0.15) is 15.9 Å². The monoisotopic (exact) mass is 370 g/mol. The number of halogens is 3. The Bertz CT molecular complexity index is 892. The molecule has 0 unspecified atom stereocenters. The first-order chi connectivity index (χ1) is 10.4. The van der Waals surface area contributed by atoms with Crippen LogP contribution in [-0.4, -0.2) is 10.9 Å². The van der Waals surface area contributed by atoms with Crippen molar-refractivity contribution in [1.29, 1.82) is 0 Å². The molecular formula is C15H9Cl3N2OS. The number of hydrogen-bond donors (Lipinski definition) is 1. The van der Waals surface area contributed by atoms with Crippen molar-refractivity contribution in [3.05, 3.63) is 56.5 Å². The van der Waals surface area contributed by atoms with Crippen LogP contribution in [0.25, 0.3) is 10.2 Å². The van der Waals surface area contributed by atoms with Crippen LogP contribution in [0.15, 0.2) is 30.3 Å². The first kappa shape index (κ1) is 15.6. The fraction of sp³-hybridized carbons (Fsp3) is 0.0667. The zero-order valence-electron chi connectivity index (χ0n) is 11.3. The highest BCUT2D eigenvalue weighted by molar-refractivity contribution is 7.22. The van der Waals surface area contributed by atoms with Gasteiger partial charge >= 0.3 is 0 Å². The van der Waals surface area contributed by atoms with E-state index in [0.717, 1.165) is 15.8 Å². The molecule has 112 valence electrons. The van der Waals surface area contributed by atoms with E-state index in [2.05, 4.69) is 10.3 Å². The van der Waals surface area contributed by atoms with Crippen molar-refractivity contribution >= 4 is 67.4 Å². The summed E-state index contributed by atoms with van der Waals surface area (Å²) in [5.41, 5.74) is 2.09. The number of nitrogens with zero attached hydrogens (tertiary/aromatic N) is 1. The van der Waals surface area contributed by atoms with Crippen molar-refractivity contribution in [3.8, 4) is 0 Å². The molecule has 3 rings (SSSR count). The number of thiazole rings is 1. The van der Waals surface area contributed by atoms with E-state index in [1.165, 1.54) is 17.4 Å². The van der Waals surface area contributed by atoms with E-state index in [4.69, 9.17) is 34.8 Å². The Morgan fingerprint density at radius 2 is 1.91 bits per heavy atom. The third-order valence-electron chi connectivity index (χ3n) is 3.04. The summed E-state index contributed by atoms with van der Waals surface area (Å²) in [5, 5.41) is 4.66. The number of aryl methyl sites for hydroxylation is 1. The van der Waals surface area contributed by atoms with E-state index in [0.29, 0.717) is 25.8 Å². The van der Waals surface area contributed by atoms with Crippen molar-refractivity contribution < 1.29 is 4.79 Å². The van der Waals surface area contributed by atoms with Crippen LogP contribution in [0.5, 0.6) is 0 Å². The van der Waals surface area contributed by atoms with Gasteiger partial charge in [-0.1, -0.05) is 46.1 Å². The lowest BCUT2D eigenvalue weighted by atomic mass is 10.2. The van der Waals surface area contributed by atoms with Gasteiger partial charge in [-0.05, 0) is 42.8 Å². The Labute approximate surface area is 145 Å². The number of aromatic nitrogens is 1. The topological polar surface area (TPSA) is 42.0 Å². The van der Waals surface area contributed by atoms with E-state index < -0.39 is 0 Å². The van der Waals surface area contributed by atoms with Crippen LogP contribution in [0.4, 0.5) is 5.13 Å². The van der Waals surface area contributed by atoms with E-state index in [1.807, 2.05) is 19.1 Å². The molecule has 0 spiro atoms. The molecule has 1 N–H and O–H groups in total. The molecule has 0 bridgehead atoms. The SMILES string of the molecule is Cc1cc(Cl)cc2sc(NC(=O)c3cc(Cl)ccc3Cl)nc12. The Kier molecular flexibility index (Phi) is 4.28. The van der Waals surface area contributed by atoms with Crippen LogP contribution in [0, 0.1) is 6.92 Å². The number of rotatable bonds is 2. The Hall–Kier alpha value is -1.33. The summed E-state index contributed by atoms with van der Waals surface area (Å²) in [7, 11) is 0. The van der Waals surface area contributed by atoms with Gasteiger partial charge in [-0.2, -0.15) is 0 Å². The van der Waals surface area contributed by atoms with Crippen LogP contribution in [0.2, 0.25) is 15.1 Å². The molecule has 3 aromatic rings. The molecule has 1 heterocycles. The minimum Gasteiger partial charge on any atom is -0.298 e. The highest BCUT2D eigenvalue weighted by Crippen LogP contribution is 2.31. The molecule has 0 radical (unpaired) electrons. The number of nitrogens with one attached hydrogen (secondary N) is 1.